The number of carbonyl (C=O) groups is 1. The lowest BCUT2D eigenvalue weighted by atomic mass is 10.1. The molecule has 1 aromatic heterocycles. The number of hydrogen-bond acceptors (Lipinski definition) is 2. The van der Waals surface area contributed by atoms with Crippen LogP contribution in [0.4, 0.5) is 0 Å². The summed E-state index contributed by atoms with van der Waals surface area (Å²) in [5.41, 5.74) is 1.85. The highest BCUT2D eigenvalue weighted by Crippen LogP contribution is 2.18. The zero-order valence-electron chi connectivity index (χ0n) is 8.92. The Bertz CT molecular complexity index is 503. The standard InChI is InChI=1S/C12H12N2O2/c1-2-14-11(12(15)16)8-10(13-14)9-6-4-3-5-7-9/h3-8H,2H2,1H3,(H,15,16). The van der Waals surface area contributed by atoms with E-state index in [0.29, 0.717) is 12.2 Å². The minimum atomic E-state index is -0.948. The van der Waals surface area contributed by atoms with E-state index in [4.69, 9.17) is 5.11 Å². The maximum atomic E-state index is 11.0. The molecular weight excluding hydrogens is 204 g/mol. The molecule has 2 rings (SSSR count). The molecule has 0 atom stereocenters. The summed E-state index contributed by atoms with van der Waals surface area (Å²) in [5.74, 6) is -0.948. The first-order chi connectivity index (χ1) is 7.72. The molecular formula is C12H12N2O2. The van der Waals surface area contributed by atoms with Gasteiger partial charge in [0.2, 0.25) is 0 Å². The van der Waals surface area contributed by atoms with Crippen molar-refractivity contribution in [3.63, 3.8) is 0 Å². The van der Waals surface area contributed by atoms with Crippen molar-refractivity contribution in [2.24, 2.45) is 0 Å². The van der Waals surface area contributed by atoms with Gasteiger partial charge < -0.3 is 5.11 Å². The number of aromatic nitrogens is 2. The van der Waals surface area contributed by atoms with Crippen LogP contribution < -0.4 is 0 Å². The second-order valence-corrected chi connectivity index (χ2v) is 3.40. The molecule has 82 valence electrons. The van der Waals surface area contributed by atoms with E-state index in [0.717, 1.165) is 5.56 Å². The van der Waals surface area contributed by atoms with E-state index in [9.17, 15) is 4.79 Å². The van der Waals surface area contributed by atoms with Crippen LogP contribution in [0.1, 0.15) is 17.4 Å². The molecule has 16 heavy (non-hydrogen) atoms. The molecule has 1 N–H and O–H groups in total. The SMILES string of the molecule is CCn1nc(-c2ccccc2)cc1C(=O)O. The van der Waals surface area contributed by atoms with Crippen LogP contribution in [0.5, 0.6) is 0 Å². The quantitative estimate of drug-likeness (QED) is 0.856. The van der Waals surface area contributed by atoms with Gasteiger partial charge in [0.1, 0.15) is 5.69 Å². The Morgan fingerprint density at radius 3 is 2.56 bits per heavy atom. The first-order valence-electron chi connectivity index (χ1n) is 5.09. The van der Waals surface area contributed by atoms with Crippen LogP contribution in [-0.2, 0) is 6.54 Å². The highest BCUT2D eigenvalue weighted by molar-refractivity contribution is 5.87. The predicted octanol–water partition coefficient (Wildman–Crippen LogP) is 2.27. The summed E-state index contributed by atoms with van der Waals surface area (Å²) in [6, 6.07) is 11.1. The van der Waals surface area contributed by atoms with Gasteiger partial charge in [-0.3, -0.25) is 4.68 Å². The summed E-state index contributed by atoms with van der Waals surface area (Å²) in [6.07, 6.45) is 0. The molecule has 0 aliphatic carbocycles. The fraction of sp³-hybridized carbons (Fsp3) is 0.167. The van der Waals surface area contributed by atoms with Crippen molar-refractivity contribution < 1.29 is 9.90 Å². The van der Waals surface area contributed by atoms with Crippen molar-refractivity contribution >= 4 is 5.97 Å². The average Bonchev–Trinajstić information content (AvgIpc) is 2.74. The highest BCUT2D eigenvalue weighted by Gasteiger charge is 2.13. The van der Waals surface area contributed by atoms with Gasteiger partial charge in [-0.15, -0.1) is 0 Å². The molecule has 0 saturated heterocycles. The summed E-state index contributed by atoms with van der Waals surface area (Å²) in [5, 5.41) is 13.3. The smallest absolute Gasteiger partial charge is 0.354 e. The Balaban J connectivity index is 2.48. The molecule has 1 heterocycles. The fourth-order valence-corrected chi connectivity index (χ4v) is 1.58. The van der Waals surface area contributed by atoms with Crippen LogP contribution >= 0.6 is 0 Å². The van der Waals surface area contributed by atoms with Gasteiger partial charge in [0.05, 0.1) is 5.69 Å². The maximum absolute atomic E-state index is 11.0. The minimum Gasteiger partial charge on any atom is -0.477 e. The molecule has 0 aliphatic rings. The molecule has 0 bridgehead atoms. The van der Waals surface area contributed by atoms with Crippen molar-refractivity contribution in [2.75, 3.05) is 0 Å². The van der Waals surface area contributed by atoms with Crippen LogP contribution in [0.25, 0.3) is 11.3 Å². The number of carboxylic acid groups (broad SMARTS) is 1. The van der Waals surface area contributed by atoms with Crippen molar-refractivity contribution in [1.29, 1.82) is 0 Å². The second-order valence-electron chi connectivity index (χ2n) is 3.40. The van der Waals surface area contributed by atoms with Gasteiger partial charge in [0, 0.05) is 12.1 Å². The molecule has 0 aliphatic heterocycles. The fourth-order valence-electron chi connectivity index (χ4n) is 1.58. The van der Waals surface area contributed by atoms with E-state index in [2.05, 4.69) is 5.10 Å². The second kappa shape index (κ2) is 4.18. The first-order valence-corrected chi connectivity index (χ1v) is 5.09. The summed E-state index contributed by atoms with van der Waals surface area (Å²) in [4.78, 5) is 11.0. The molecule has 0 spiro atoms. The van der Waals surface area contributed by atoms with Crippen molar-refractivity contribution in [3.8, 4) is 11.3 Å². The van der Waals surface area contributed by atoms with Crippen LogP contribution in [-0.4, -0.2) is 20.9 Å². The first kappa shape index (κ1) is 10.4. The summed E-state index contributed by atoms with van der Waals surface area (Å²) >= 11 is 0. The summed E-state index contributed by atoms with van der Waals surface area (Å²) in [7, 11) is 0. The molecule has 2 aromatic rings. The molecule has 0 amide bonds. The monoisotopic (exact) mass is 216 g/mol. The van der Waals surface area contributed by atoms with Crippen molar-refractivity contribution in [2.45, 2.75) is 13.5 Å². The third-order valence-electron chi connectivity index (χ3n) is 2.37. The number of aryl methyl sites for hydroxylation is 1. The Morgan fingerprint density at radius 1 is 1.38 bits per heavy atom. The Kier molecular flexibility index (Phi) is 2.72. The number of rotatable bonds is 3. The third kappa shape index (κ3) is 1.82. The van der Waals surface area contributed by atoms with Gasteiger partial charge in [-0.2, -0.15) is 5.10 Å². The number of carboxylic acids is 1. The van der Waals surface area contributed by atoms with E-state index >= 15 is 0 Å². The Morgan fingerprint density at radius 2 is 2.06 bits per heavy atom. The van der Waals surface area contributed by atoms with Crippen LogP contribution in [0.2, 0.25) is 0 Å². The molecule has 0 unspecified atom stereocenters. The van der Waals surface area contributed by atoms with E-state index < -0.39 is 5.97 Å². The Hall–Kier alpha value is -2.10. The zero-order valence-corrected chi connectivity index (χ0v) is 8.92. The average molecular weight is 216 g/mol. The zero-order chi connectivity index (χ0) is 11.5. The minimum absolute atomic E-state index is 0.223. The lowest BCUT2D eigenvalue weighted by molar-refractivity contribution is 0.0683. The largest absolute Gasteiger partial charge is 0.477 e. The van der Waals surface area contributed by atoms with Gasteiger partial charge in [0.15, 0.2) is 0 Å². The van der Waals surface area contributed by atoms with Gasteiger partial charge in [-0.25, -0.2) is 4.79 Å². The van der Waals surface area contributed by atoms with Gasteiger partial charge in [0.25, 0.3) is 0 Å². The van der Waals surface area contributed by atoms with E-state index in [-0.39, 0.29) is 5.69 Å². The van der Waals surface area contributed by atoms with E-state index in [1.54, 1.807) is 6.07 Å². The van der Waals surface area contributed by atoms with Gasteiger partial charge >= 0.3 is 5.97 Å². The number of aromatic carboxylic acids is 1. The number of hydrogen-bond donors (Lipinski definition) is 1. The van der Waals surface area contributed by atoms with Crippen molar-refractivity contribution in [1.82, 2.24) is 9.78 Å². The highest BCUT2D eigenvalue weighted by atomic mass is 16.4. The van der Waals surface area contributed by atoms with Crippen LogP contribution in [0.15, 0.2) is 36.4 Å². The van der Waals surface area contributed by atoms with Gasteiger partial charge in [-0.1, -0.05) is 30.3 Å². The molecule has 0 fully saturated rings. The van der Waals surface area contributed by atoms with Crippen LogP contribution in [0.3, 0.4) is 0 Å². The molecule has 1 aromatic carbocycles. The maximum Gasteiger partial charge on any atom is 0.354 e. The molecule has 4 nitrogen and oxygen atoms in total. The lowest BCUT2D eigenvalue weighted by Crippen LogP contribution is -2.07. The van der Waals surface area contributed by atoms with E-state index in [1.165, 1.54) is 4.68 Å². The molecule has 0 radical (unpaired) electrons. The number of nitrogens with zero attached hydrogens (tertiary/aromatic N) is 2. The van der Waals surface area contributed by atoms with Crippen LogP contribution in [0, 0.1) is 0 Å². The van der Waals surface area contributed by atoms with Crippen molar-refractivity contribution in [3.05, 3.63) is 42.1 Å². The van der Waals surface area contributed by atoms with E-state index in [1.807, 2.05) is 37.3 Å². The molecule has 0 saturated carbocycles. The normalized spacial score (nSPS) is 10.3. The van der Waals surface area contributed by atoms with Gasteiger partial charge in [-0.05, 0) is 13.0 Å². The Labute approximate surface area is 93.1 Å². The lowest BCUT2D eigenvalue weighted by Gasteiger charge is -1.97. The number of benzene rings is 1. The summed E-state index contributed by atoms with van der Waals surface area (Å²) < 4.78 is 1.49. The molecule has 4 heteroatoms. The summed E-state index contributed by atoms with van der Waals surface area (Å²) in [6.45, 7) is 2.42. The third-order valence-corrected chi connectivity index (χ3v) is 2.37. The predicted molar refractivity (Wildman–Crippen MR) is 60.3 cm³/mol. The topological polar surface area (TPSA) is 55.1 Å².